The van der Waals surface area contributed by atoms with Crippen LogP contribution in [-0.2, 0) is 21.4 Å². The second-order valence-electron chi connectivity index (χ2n) is 8.60. The van der Waals surface area contributed by atoms with Gasteiger partial charge in [0.2, 0.25) is 10.0 Å². The summed E-state index contributed by atoms with van der Waals surface area (Å²) in [5.41, 5.74) is 0.0730. The number of rotatable bonds is 8. The van der Waals surface area contributed by atoms with E-state index in [1.165, 1.54) is 0 Å². The summed E-state index contributed by atoms with van der Waals surface area (Å²) < 4.78 is 28.4. The van der Waals surface area contributed by atoms with Gasteiger partial charge in [-0.2, -0.15) is 4.31 Å². The van der Waals surface area contributed by atoms with Crippen LogP contribution in [0.15, 0.2) is 30.3 Å². The van der Waals surface area contributed by atoms with Crippen molar-refractivity contribution >= 4 is 15.8 Å². The highest BCUT2D eigenvalue weighted by molar-refractivity contribution is 7.89. The summed E-state index contributed by atoms with van der Waals surface area (Å²) in [5.74, 6) is 0.472. The molecule has 0 N–H and O–H groups in total. The maximum absolute atomic E-state index is 13.4. The van der Waals surface area contributed by atoms with Crippen molar-refractivity contribution in [2.45, 2.75) is 59.4 Å². The second kappa shape index (κ2) is 7.08. The maximum atomic E-state index is 13.4. The molecule has 0 aliphatic heterocycles. The van der Waals surface area contributed by atoms with Crippen LogP contribution in [0.1, 0.15) is 58.4 Å². The van der Waals surface area contributed by atoms with Crippen LogP contribution in [0.4, 0.5) is 0 Å². The van der Waals surface area contributed by atoms with Gasteiger partial charge in [0.05, 0.1) is 5.75 Å². The molecule has 1 aromatic rings. The smallest absolute Gasteiger partial charge is 0.215 e. The molecule has 2 bridgehead atoms. The molecule has 3 rings (SSSR count). The fourth-order valence-corrected chi connectivity index (χ4v) is 7.18. The Labute approximate surface area is 158 Å². The Balaban J connectivity index is 1.87. The molecule has 0 radical (unpaired) electrons. The van der Waals surface area contributed by atoms with E-state index in [9.17, 15) is 13.2 Å². The Kier molecular flexibility index (Phi) is 5.33. The average Bonchev–Trinajstić information content (AvgIpc) is 2.93. The van der Waals surface area contributed by atoms with Crippen molar-refractivity contribution in [3.8, 4) is 0 Å². The number of carbonyl (C=O) groups is 1. The van der Waals surface area contributed by atoms with Gasteiger partial charge in [-0.25, -0.2) is 8.42 Å². The Morgan fingerprint density at radius 2 is 1.88 bits per heavy atom. The molecule has 2 saturated carbocycles. The molecule has 2 aliphatic rings. The topological polar surface area (TPSA) is 54.5 Å². The van der Waals surface area contributed by atoms with Crippen molar-refractivity contribution in [3.63, 3.8) is 0 Å². The molecule has 0 amide bonds. The molecule has 1 aromatic carbocycles. The predicted octanol–water partition coefficient (Wildman–Crippen LogP) is 4.01. The van der Waals surface area contributed by atoms with Crippen LogP contribution in [0.25, 0.3) is 0 Å². The van der Waals surface area contributed by atoms with E-state index in [1.54, 1.807) is 4.31 Å². The number of carbonyl (C=O) groups excluding carboxylic acids is 1. The number of hydrogen-bond acceptors (Lipinski definition) is 3. The summed E-state index contributed by atoms with van der Waals surface area (Å²) in [6, 6.07) is 9.73. The van der Waals surface area contributed by atoms with Gasteiger partial charge in [0.25, 0.3) is 0 Å². The predicted molar refractivity (Wildman–Crippen MR) is 104 cm³/mol. The highest BCUT2D eigenvalue weighted by Crippen LogP contribution is 2.64. The minimum Gasteiger partial charge on any atom is -0.299 e. The number of Topliss-reactive ketones (excluding diaryl/α,β-unsaturated/α-hetero) is 1. The van der Waals surface area contributed by atoms with E-state index in [2.05, 4.69) is 20.8 Å². The monoisotopic (exact) mass is 377 g/mol. The lowest BCUT2D eigenvalue weighted by Crippen LogP contribution is -2.46. The van der Waals surface area contributed by atoms with Crippen LogP contribution in [0.2, 0.25) is 0 Å². The van der Waals surface area contributed by atoms with Crippen molar-refractivity contribution in [2.24, 2.45) is 16.7 Å². The van der Waals surface area contributed by atoms with Gasteiger partial charge in [0, 0.05) is 24.9 Å². The maximum Gasteiger partial charge on any atom is 0.215 e. The van der Waals surface area contributed by atoms with Crippen LogP contribution in [-0.4, -0.2) is 30.8 Å². The first-order chi connectivity index (χ1) is 12.2. The largest absolute Gasteiger partial charge is 0.299 e. The zero-order chi connectivity index (χ0) is 19.0. The molecule has 0 heterocycles. The molecule has 2 atom stereocenters. The highest BCUT2D eigenvalue weighted by Gasteiger charge is 2.65. The summed E-state index contributed by atoms with van der Waals surface area (Å²) in [7, 11) is -3.51. The number of benzene rings is 1. The highest BCUT2D eigenvalue weighted by atomic mass is 32.2. The number of unbranched alkanes of at least 4 members (excludes halogenated alkanes) is 1. The molecule has 144 valence electrons. The van der Waals surface area contributed by atoms with Crippen LogP contribution >= 0.6 is 0 Å². The van der Waals surface area contributed by atoms with E-state index in [1.807, 2.05) is 30.3 Å². The standard InChI is InChI=1S/C21H31NO3S/c1-4-5-13-22(15-17-9-7-6-8-10-17)26(24,25)16-21-12-11-18(14-19(21)23)20(21,2)3/h6-10,18H,4-5,11-16H2,1-3H3. The van der Waals surface area contributed by atoms with Gasteiger partial charge in [-0.1, -0.05) is 57.5 Å². The third-order valence-corrected chi connectivity index (χ3v) is 8.88. The Hall–Kier alpha value is -1.20. The summed E-state index contributed by atoms with van der Waals surface area (Å²) in [6.07, 6.45) is 4.02. The molecular weight excluding hydrogens is 346 g/mol. The van der Waals surface area contributed by atoms with Gasteiger partial charge in [0.1, 0.15) is 5.78 Å². The van der Waals surface area contributed by atoms with Gasteiger partial charge in [-0.15, -0.1) is 0 Å². The molecular formula is C21H31NO3S. The number of hydrogen-bond donors (Lipinski definition) is 0. The number of nitrogens with zero attached hydrogens (tertiary/aromatic N) is 1. The molecule has 0 spiro atoms. The second-order valence-corrected chi connectivity index (χ2v) is 10.6. The van der Waals surface area contributed by atoms with Crippen LogP contribution in [0.3, 0.4) is 0 Å². The first-order valence-corrected chi connectivity index (χ1v) is 11.4. The lowest BCUT2D eigenvalue weighted by atomic mass is 9.70. The van der Waals surface area contributed by atoms with E-state index >= 15 is 0 Å². The summed E-state index contributed by atoms with van der Waals surface area (Å²) in [4.78, 5) is 12.8. The van der Waals surface area contributed by atoms with Crippen molar-refractivity contribution in [2.75, 3.05) is 12.3 Å². The van der Waals surface area contributed by atoms with Crippen molar-refractivity contribution in [3.05, 3.63) is 35.9 Å². The minimum atomic E-state index is -3.51. The van der Waals surface area contributed by atoms with Crippen molar-refractivity contribution in [1.29, 1.82) is 0 Å². The number of fused-ring (bicyclic) bond motifs is 2. The molecule has 2 aliphatic carbocycles. The van der Waals surface area contributed by atoms with Gasteiger partial charge in [0.15, 0.2) is 0 Å². The molecule has 0 aromatic heterocycles. The Morgan fingerprint density at radius 3 is 2.42 bits per heavy atom. The number of sulfonamides is 1. The molecule has 2 unspecified atom stereocenters. The first kappa shape index (κ1) is 19.6. The Bertz CT molecular complexity index is 757. The minimum absolute atomic E-state index is 0.0289. The van der Waals surface area contributed by atoms with Crippen LogP contribution < -0.4 is 0 Å². The molecule has 0 saturated heterocycles. The molecule has 4 nitrogen and oxygen atoms in total. The van der Waals surface area contributed by atoms with E-state index in [0.717, 1.165) is 31.2 Å². The first-order valence-electron chi connectivity index (χ1n) is 9.78. The lowest BCUT2D eigenvalue weighted by molar-refractivity contribution is -0.128. The quantitative estimate of drug-likeness (QED) is 0.688. The van der Waals surface area contributed by atoms with E-state index in [4.69, 9.17) is 0 Å². The van der Waals surface area contributed by atoms with Crippen LogP contribution in [0.5, 0.6) is 0 Å². The summed E-state index contributed by atoms with van der Waals surface area (Å²) >= 11 is 0. The van der Waals surface area contributed by atoms with Gasteiger partial charge in [-0.05, 0) is 36.2 Å². The van der Waals surface area contributed by atoms with E-state index in [0.29, 0.717) is 25.4 Å². The lowest BCUT2D eigenvalue weighted by Gasteiger charge is -2.37. The molecule has 5 heteroatoms. The average molecular weight is 378 g/mol. The fraction of sp³-hybridized carbons (Fsp3) is 0.667. The third kappa shape index (κ3) is 3.24. The number of ketones is 1. The summed E-state index contributed by atoms with van der Waals surface area (Å²) in [5, 5.41) is 0. The normalized spacial score (nSPS) is 27.4. The van der Waals surface area contributed by atoms with Crippen molar-refractivity contribution in [1.82, 2.24) is 4.31 Å². The van der Waals surface area contributed by atoms with Gasteiger partial charge >= 0.3 is 0 Å². The van der Waals surface area contributed by atoms with Gasteiger partial charge in [-0.3, -0.25) is 4.79 Å². The SMILES string of the molecule is CCCCN(Cc1ccccc1)S(=O)(=O)CC12CCC(CC1=O)C2(C)C. The van der Waals surface area contributed by atoms with Gasteiger partial charge < -0.3 is 0 Å². The van der Waals surface area contributed by atoms with Crippen LogP contribution in [0, 0.1) is 16.7 Å². The van der Waals surface area contributed by atoms with Crippen molar-refractivity contribution < 1.29 is 13.2 Å². The zero-order valence-electron chi connectivity index (χ0n) is 16.2. The fourth-order valence-electron chi connectivity index (χ4n) is 4.95. The molecule has 26 heavy (non-hydrogen) atoms. The molecule has 2 fully saturated rings. The van der Waals surface area contributed by atoms with E-state index in [-0.39, 0.29) is 17.0 Å². The third-order valence-electron chi connectivity index (χ3n) is 6.92. The summed E-state index contributed by atoms with van der Waals surface area (Å²) in [6.45, 7) is 7.16. The van der Waals surface area contributed by atoms with E-state index < -0.39 is 15.4 Å². The Morgan fingerprint density at radius 1 is 1.19 bits per heavy atom. The zero-order valence-corrected chi connectivity index (χ0v) is 17.0.